The number of carbonyl (C=O) groups is 3. The van der Waals surface area contributed by atoms with Gasteiger partial charge in [-0.3, -0.25) is 14.4 Å². The molecule has 3 N–H and O–H groups in total. The van der Waals surface area contributed by atoms with Gasteiger partial charge in [0, 0.05) is 45.0 Å². The van der Waals surface area contributed by atoms with Crippen LogP contribution in [-0.2, 0) is 4.79 Å². The first-order valence-electron chi connectivity index (χ1n) is 11.8. The lowest BCUT2D eigenvalue weighted by atomic mass is 10.1. The van der Waals surface area contributed by atoms with Crippen LogP contribution in [0.5, 0.6) is 5.75 Å². The minimum atomic E-state index is 0.0256. The number of carbonyl (C=O) groups excluding carboxylic acids is 3. The fraction of sp³-hybridized carbons (Fsp3) is 0.222. The lowest BCUT2D eigenvalue weighted by Gasteiger charge is -2.04. The summed E-state index contributed by atoms with van der Waals surface area (Å²) in [5.41, 5.74) is 4.97. The maximum absolute atomic E-state index is 11.0. The molecule has 0 unspecified atom stereocenters. The van der Waals surface area contributed by atoms with Crippen molar-refractivity contribution < 1.29 is 19.1 Å². The van der Waals surface area contributed by atoms with Crippen LogP contribution in [0, 0.1) is 0 Å². The summed E-state index contributed by atoms with van der Waals surface area (Å²) in [7, 11) is 7.45. The number of benzene rings is 3. The molecule has 2 radical (unpaired) electrons. The Morgan fingerprint density at radius 3 is 1.76 bits per heavy atom. The van der Waals surface area contributed by atoms with Gasteiger partial charge < -0.3 is 15.4 Å². The van der Waals surface area contributed by atoms with E-state index in [9.17, 15) is 14.4 Å². The third-order valence-corrected chi connectivity index (χ3v) is 4.89. The highest BCUT2D eigenvalue weighted by atomic mass is 16.5. The normalized spacial score (nSPS) is 9.59. The highest BCUT2D eigenvalue weighted by Crippen LogP contribution is 2.15. The molecule has 0 saturated heterocycles. The Balaban J connectivity index is 0.000000276. The number of nitrogens with zero attached hydrogens (tertiary/aromatic N) is 2. The third kappa shape index (κ3) is 10.4. The maximum Gasteiger partial charge on any atom is 0.167 e. The second-order valence-corrected chi connectivity index (χ2v) is 7.73. The molecule has 0 bridgehead atoms. The van der Waals surface area contributed by atoms with Crippen LogP contribution in [0.2, 0.25) is 0 Å². The number of ketones is 3. The Morgan fingerprint density at radius 2 is 1.27 bits per heavy atom. The zero-order valence-corrected chi connectivity index (χ0v) is 21.7. The first-order chi connectivity index (χ1) is 18.2. The summed E-state index contributed by atoms with van der Waals surface area (Å²) in [5.74, 6) is 0.888. The molecule has 0 aliphatic rings. The van der Waals surface area contributed by atoms with Gasteiger partial charge in [0.05, 0.1) is 0 Å². The number of aromatic amines is 1. The number of hydrogen-bond donors (Lipinski definition) is 3. The van der Waals surface area contributed by atoms with Gasteiger partial charge in [-0.15, -0.1) is 0 Å². The lowest BCUT2D eigenvalue weighted by molar-refractivity contribution is -0.118. The van der Waals surface area contributed by atoms with E-state index in [0.717, 1.165) is 28.0 Å². The Hall–Kier alpha value is -4.47. The topological polar surface area (TPSA) is 126 Å². The first kappa shape index (κ1) is 28.8. The molecule has 0 saturated carbocycles. The number of aromatic nitrogens is 3. The summed E-state index contributed by atoms with van der Waals surface area (Å²) in [5, 5.41) is 16.2. The molecule has 0 aliphatic carbocycles. The van der Waals surface area contributed by atoms with Crippen molar-refractivity contribution in [2.24, 2.45) is 0 Å². The summed E-state index contributed by atoms with van der Waals surface area (Å²) in [6, 6.07) is 20.1. The van der Waals surface area contributed by atoms with Crippen LogP contribution in [0.25, 0.3) is 11.0 Å². The second kappa shape index (κ2) is 15.5. The summed E-state index contributed by atoms with van der Waals surface area (Å²) in [6.45, 7) is 4.73. The van der Waals surface area contributed by atoms with Gasteiger partial charge in [-0.2, -0.15) is 15.4 Å². The first-order valence-corrected chi connectivity index (χ1v) is 11.2. The number of rotatable bonds is 7. The van der Waals surface area contributed by atoms with Crippen LogP contribution < -0.4 is 15.4 Å². The van der Waals surface area contributed by atoms with Gasteiger partial charge >= 0.3 is 0 Å². The maximum atomic E-state index is 11.0. The SMILES string of the molecule is CC(=O)c1ccc2n[nH]nc2c1.CNc1ccc(C(C)=O)cc1.CNc1ccc(OCC(C)=O)cc1.[3H][B]. The van der Waals surface area contributed by atoms with Crippen molar-refractivity contribution in [1.29, 1.82) is 1.34 Å². The number of fused-ring (bicyclic) bond motifs is 1. The minimum absolute atomic E-state index is 0.0256. The van der Waals surface area contributed by atoms with E-state index in [1.807, 2.05) is 62.6 Å². The quantitative estimate of drug-likeness (QED) is 0.254. The van der Waals surface area contributed by atoms with Crippen LogP contribution >= 0.6 is 0 Å². The van der Waals surface area contributed by atoms with E-state index in [1.165, 1.54) is 13.8 Å². The van der Waals surface area contributed by atoms with Gasteiger partial charge in [-0.05, 0) is 88.8 Å². The number of nitrogens with one attached hydrogen (secondary N) is 3. The van der Waals surface area contributed by atoms with Crippen molar-refractivity contribution in [2.45, 2.75) is 20.8 Å². The standard InChI is InChI=1S/C10H13NO2.C9H11NO.C8H7N3O.BH/c1-8(12)7-13-10-5-3-9(11-2)4-6-10;1-7(11)8-3-5-9(10-2)6-4-8;1-5(12)6-2-3-7-8(4-6)10-11-9-7;/h3-6,11H,7H2,1-2H3;3-6,10H,1-2H3;2-4H,1H3,(H,9,10,11);1H/i;;;1T. The fourth-order valence-electron chi connectivity index (χ4n) is 2.83. The van der Waals surface area contributed by atoms with E-state index in [1.54, 1.807) is 25.1 Å². The van der Waals surface area contributed by atoms with E-state index in [-0.39, 0.29) is 24.0 Å². The predicted molar refractivity (Wildman–Crippen MR) is 149 cm³/mol. The zero-order valence-electron chi connectivity index (χ0n) is 22.7. The van der Waals surface area contributed by atoms with Crippen LogP contribution in [0.1, 0.15) is 41.5 Å². The summed E-state index contributed by atoms with van der Waals surface area (Å²) in [4.78, 5) is 32.4. The van der Waals surface area contributed by atoms with Crippen molar-refractivity contribution in [2.75, 3.05) is 31.3 Å². The Bertz CT molecular complexity index is 1300. The predicted octanol–water partition coefficient (Wildman–Crippen LogP) is 4.14. The molecule has 0 atom stereocenters. The Morgan fingerprint density at radius 1 is 0.784 bits per heavy atom. The number of ether oxygens (including phenoxy) is 1. The smallest absolute Gasteiger partial charge is 0.167 e. The lowest BCUT2D eigenvalue weighted by Crippen LogP contribution is -2.06. The minimum Gasteiger partial charge on any atom is -0.486 e. The van der Waals surface area contributed by atoms with E-state index >= 15 is 0 Å². The number of anilines is 2. The van der Waals surface area contributed by atoms with E-state index in [2.05, 4.69) is 34.4 Å². The molecule has 37 heavy (non-hydrogen) atoms. The Kier molecular flexibility index (Phi) is 12.1. The average Bonchev–Trinajstić information content (AvgIpc) is 3.42. The van der Waals surface area contributed by atoms with E-state index < -0.39 is 0 Å². The monoisotopic (exact) mass is 503 g/mol. The highest BCUT2D eigenvalue weighted by Gasteiger charge is 2.02. The average molecular weight is 503 g/mol. The largest absolute Gasteiger partial charge is 0.486 e. The molecule has 1 heterocycles. The molecule has 4 rings (SSSR count). The summed E-state index contributed by atoms with van der Waals surface area (Å²) >= 11 is 0. The molecule has 9 nitrogen and oxygen atoms in total. The molecule has 1 aromatic heterocycles. The van der Waals surface area contributed by atoms with Crippen LogP contribution in [0.15, 0.2) is 66.7 Å². The van der Waals surface area contributed by atoms with Crippen molar-refractivity contribution in [3.05, 3.63) is 77.9 Å². The van der Waals surface area contributed by atoms with Crippen molar-refractivity contribution in [1.82, 2.24) is 15.4 Å². The van der Waals surface area contributed by atoms with Gasteiger partial charge in [0.15, 0.2) is 17.3 Å². The van der Waals surface area contributed by atoms with Crippen molar-refractivity contribution >= 4 is 48.1 Å². The Labute approximate surface area is 219 Å². The fourth-order valence-corrected chi connectivity index (χ4v) is 2.83. The van der Waals surface area contributed by atoms with Crippen molar-refractivity contribution in [3.8, 4) is 5.75 Å². The van der Waals surface area contributed by atoms with Gasteiger partial charge in [-0.1, -0.05) is 0 Å². The molecular formula is C27H32BN5O4. The zero-order chi connectivity index (χ0) is 28.5. The van der Waals surface area contributed by atoms with Crippen molar-refractivity contribution in [3.63, 3.8) is 0 Å². The van der Waals surface area contributed by atoms with Crippen LogP contribution in [0.4, 0.5) is 11.4 Å². The molecule has 3 aromatic carbocycles. The van der Waals surface area contributed by atoms with Gasteiger partial charge in [-0.25, -0.2) is 0 Å². The van der Waals surface area contributed by atoms with Crippen LogP contribution in [-0.4, -0.2) is 63.2 Å². The molecular weight excluding hydrogens is 469 g/mol. The third-order valence-electron chi connectivity index (χ3n) is 4.89. The van der Waals surface area contributed by atoms with Gasteiger partial charge in [0.1, 0.15) is 23.4 Å². The molecule has 0 aliphatic heterocycles. The highest BCUT2D eigenvalue weighted by molar-refractivity contribution is 5.97. The molecule has 0 fully saturated rings. The molecule has 0 spiro atoms. The second-order valence-electron chi connectivity index (χ2n) is 7.73. The van der Waals surface area contributed by atoms with Gasteiger partial charge in [0.2, 0.25) is 0 Å². The summed E-state index contributed by atoms with van der Waals surface area (Å²) in [6.07, 6.45) is 0. The molecule has 0 amide bonds. The van der Waals surface area contributed by atoms with Crippen LogP contribution in [0.3, 0.4) is 0 Å². The number of H-pyrrole nitrogens is 1. The summed E-state index contributed by atoms with van der Waals surface area (Å²) < 4.78 is 10.4. The van der Waals surface area contributed by atoms with E-state index in [0.29, 0.717) is 11.3 Å². The van der Waals surface area contributed by atoms with E-state index in [4.69, 9.17) is 6.07 Å². The number of hydrogen-bond acceptors (Lipinski definition) is 8. The molecule has 4 aromatic rings. The molecule has 10 heteroatoms. The number of Topliss-reactive ketones (excluding diaryl/α,β-unsaturated/α-hetero) is 3. The molecule has 192 valence electrons. The van der Waals surface area contributed by atoms with Gasteiger partial charge in [0.25, 0.3) is 0 Å².